The van der Waals surface area contributed by atoms with Crippen molar-refractivity contribution in [2.45, 2.75) is 37.5 Å². The van der Waals surface area contributed by atoms with E-state index in [-0.39, 0.29) is 16.6 Å². The first-order chi connectivity index (χ1) is 14.3. The van der Waals surface area contributed by atoms with Crippen LogP contribution in [0.25, 0.3) is 0 Å². The maximum atomic E-state index is 13.3. The molecule has 1 heterocycles. The number of hydrogen-bond donors (Lipinski definition) is 0. The van der Waals surface area contributed by atoms with Gasteiger partial charge in [-0.05, 0) is 61.7 Å². The van der Waals surface area contributed by atoms with E-state index in [2.05, 4.69) is 15.9 Å². The Labute approximate surface area is 187 Å². The summed E-state index contributed by atoms with van der Waals surface area (Å²) in [5, 5.41) is 0. The number of carbonyl (C=O) groups excluding carboxylic acids is 1. The molecular formula is C22H27BrN2O4S. The van der Waals surface area contributed by atoms with Crippen LogP contribution in [0.15, 0.2) is 45.8 Å². The molecule has 3 rings (SSSR count). The second-order valence-electron chi connectivity index (χ2n) is 7.48. The number of halogens is 1. The Kier molecular flexibility index (Phi) is 7.21. The highest BCUT2D eigenvalue weighted by atomic mass is 79.9. The minimum Gasteiger partial charge on any atom is -0.495 e. The van der Waals surface area contributed by atoms with Crippen LogP contribution >= 0.6 is 15.9 Å². The van der Waals surface area contributed by atoms with Gasteiger partial charge in [0.2, 0.25) is 10.0 Å². The van der Waals surface area contributed by atoms with E-state index in [1.165, 1.54) is 22.4 Å². The Hall–Kier alpha value is -1.90. The van der Waals surface area contributed by atoms with Gasteiger partial charge in [-0.2, -0.15) is 4.31 Å². The lowest BCUT2D eigenvalue weighted by Crippen LogP contribution is -2.32. The van der Waals surface area contributed by atoms with Gasteiger partial charge in [-0.15, -0.1) is 0 Å². The molecule has 2 aromatic rings. The number of aryl methyl sites for hydroxylation is 1. The van der Waals surface area contributed by atoms with Crippen LogP contribution in [0.5, 0.6) is 5.75 Å². The lowest BCUT2D eigenvalue weighted by Gasteiger charge is -2.23. The van der Waals surface area contributed by atoms with Gasteiger partial charge in [0, 0.05) is 35.9 Å². The second kappa shape index (κ2) is 9.49. The molecule has 1 aliphatic rings. The standard InChI is InChI=1S/C22H27BrN2O4S/c1-16-14-18(23)9-10-19(16)24(2)22(26)17-8-11-20(29-3)21(15-17)30(27,28)25-12-6-4-5-7-13-25/h8-11,14-15H,4-7,12-13H2,1-3H3. The molecule has 1 fully saturated rings. The average molecular weight is 495 g/mol. The number of methoxy groups -OCH3 is 1. The number of benzene rings is 2. The summed E-state index contributed by atoms with van der Waals surface area (Å²) in [6.45, 7) is 2.90. The van der Waals surface area contributed by atoms with Gasteiger partial charge in [0.15, 0.2) is 0 Å². The molecule has 0 N–H and O–H groups in total. The number of hydrogen-bond acceptors (Lipinski definition) is 4. The van der Waals surface area contributed by atoms with Gasteiger partial charge < -0.3 is 9.64 Å². The zero-order valence-electron chi connectivity index (χ0n) is 17.5. The van der Waals surface area contributed by atoms with Gasteiger partial charge in [0.05, 0.1) is 7.11 Å². The molecule has 0 aliphatic carbocycles. The monoisotopic (exact) mass is 494 g/mol. The van der Waals surface area contributed by atoms with E-state index in [1.54, 1.807) is 19.2 Å². The number of ether oxygens (including phenoxy) is 1. The summed E-state index contributed by atoms with van der Waals surface area (Å²) in [6, 6.07) is 10.3. The zero-order valence-corrected chi connectivity index (χ0v) is 19.9. The SMILES string of the molecule is COc1ccc(C(=O)N(C)c2ccc(Br)cc2C)cc1S(=O)(=O)N1CCCCCC1. The van der Waals surface area contributed by atoms with Crippen molar-refractivity contribution in [2.24, 2.45) is 0 Å². The van der Waals surface area contributed by atoms with Crippen molar-refractivity contribution in [3.8, 4) is 5.75 Å². The van der Waals surface area contributed by atoms with Crippen LogP contribution < -0.4 is 9.64 Å². The third-order valence-corrected chi connectivity index (χ3v) is 7.83. The second-order valence-corrected chi connectivity index (χ2v) is 10.3. The molecule has 8 heteroatoms. The summed E-state index contributed by atoms with van der Waals surface area (Å²) >= 11 is 3.43. The molecule has 2 aromatic carbocycles. The predicted molar refractivity (Wildman–Crippen MR) is 122 cm³/mol. The molecule has 0 spiro atoms. The van der Waals surface area contributed by atoms with E-state index < -0.39 is 10.0 Å². The summed E-state index contributed by atoms with van der Waals surface area (Å²) in [6.07, 6.45) is 3.73. The summed E-state index contributed by atoms with van der Waals surface area (Å²) in [7, 11) is -0.631. The lowest BCUT2D eigenvalue weighted by atomic mass is 10.1. The number of nitrogens with zero attached hydrogens (tertiary/aromatic N) is 2. The number of anilines is 1. The Bertz CT molecular complexity index is 1030. The van der Waals surface area contributed by atoms with Crippen LogP contribution in [0.1, 0.15) is 41.6 Å². The van der Waals surface area contributed by atoms with Crippen LogP contribution in [-0.4, -0.2) is 45.9 Å². The highest BCUT2D eigenvalue weighted by Crippen LogP contribution is 2.31. The van der Waals surface area contributed by atoms with Crippen molar-refractivity contribution in [1.29, 1.82) is 0 Å². The van der Waals surface area contributed by atoms with E-state index in [9.17, 15) is 13.2 Å². The van der Waals surface area contributed by atoms with E-state index >= 15 is 0 Å². The number of amides is 1. The molecule has 162 valence electrons. The predicted octanol–water partition coefficient (Wildman–Crippen LogP) is 4.61. The normalized spacial score (nSPS) is 15.5. The third kappa shape index (κ3) is 4.71. The number of rotatable bonds is 5. The van der Waals surface area contributed by atoms with Crippen molar-refractivity contribution in [3.63, 3.8) is 0 Å². The summed E-state index contributed by atoms with van der Waals surface area (Å²) in [5.74, 6) is -0.0336. The average Bonchev–Trinajstić information content (AvgIpc) is 3.02. The van der Waals surface area contributed by atoms with E-state index in [4.69, 9.17) is 4.74 Å². The smallest absolute Gasteiger partial charge is 0.258 e. The quantitative estimate of drug-likeness (QED) is 0.608. The Morgan fingerprint density at radius 2 is 1.73 bits per heavy atom. The molecule has 1 amide bonds. The molecule has 6 nitrogen and oxygen atoms in total. The molecule has 30 heavy (non-hydrogen) atoms. The number of sulfonamides is 1. The van der Waals surface area contributed by atoms with Gasteiger partial charge in [-0.3, -0.25) is 4.79 Å². The lowest BCUT2D eigenvalue weighted by molar-refractivity contribution is 0.0992. The van der Waals surface area contributed by atoms with Crippen LogP contribution in [0.2, 0.25) is 0 Å². The van der Waals surface area contributed by atoms with Crippen molar-refractivity contribution in [2.75, 3.05) is 32.1 Å². The van der Waals surface area contributed by atoms with Crippen molar-refractivity contribution in [1.82, 2.24) is 4.31 Å². The molecule has 0 unspecified atom stereocenters. The first-order valence-corrected chi connectivity index (χ1v) is 12.2. The summed E-state index contributed by atoms with van der Waals surface area (Å²) < 4.78 is 34.5. The Balaban J connectivity index is 1.98. The van der Waals surface area contributed by atoms with Crippen LogP contribution in [0, 0.1) is 6.92 Å². The summed E-state index contributed by atoms with van der Waals surface area (Å²) in [4.78, 5) is 14.7. The fourth-order valence-electron chi connectivity index (χ4n) is 3.73. The molecular weight excluding hydrogens is 468 g/mol. The topological polar surface area (TPSA) is 66.9 Å². The largest absolute Gasteiger partial charge is 0.495 e. The van der Waals surface area contributed by atoms with Crippen LogP contribution in [0.3, 0.4) is 0 Å². The van der Waals surface area contributed by atoms with Gasteiger partial charge in [-0.25, -0.2) is 8.42 Å². The highest BCUT2D eigenvalue weighted by Gasteiger charge is 2.29. The first kappa shape index (κ1) is 22.8. The molecule has 0 aromatic heterocycles. The molecule has 0 radical (unpaired) electrons. The Morgan fingerprint density at radius 3 is 2.33 bits per heavy atom. The van der Waals surface area contributed by atoms with Crippen molar-refractivity contribution >= 4 is 37.5 Å². The fourth-order valence-corrected chi connectivity index (χ4v) is 5.90. The highest BCUT2D eigenvalue weighted by molar-refractivity contribution is 9.10. The summed E-state index contributed by atoms with van der Waals surface area (Å²) in [5.41, 5.74) is 2.00. The third-order valence-electron chi connectivity index (χ3n) is 5.42. The first-order valence-electron chi connectivity index (χ1n) is 9.98. The van der Waals surface area contributed by atoms with E-state index in [0.29, 0.717) is 18.7 Å². The van der Waals surface area contributed by atoms with Gasteiger partial charge in [0.1, 0.15) is 10.6 Å². The minimum absolute atomic E-state index is 0.0404. The van der Waals surface area contributed by atoms with E-state index in [0.717, 1.165) is 41.4 Å². The Morgan fingerprint density at radius 1 is 1.07 bits per heavy atom. The van der Waals surface area contributed by atoms with E-state index in [1.807, 2.05) is 25.1 Å². The molecule has 1 saturated heterocycles. The fraction of sp³-hybridized carbons (Fsp3) is 0.409. The van der Waals surface area contributed by atoms with Crippen molar-refractivity contribution < 1.29 is 17.9 Å². The molecule has 1 aliphatic heterocycles. The van der Waals surface area contributed by atoms with Crippen LogP contribution in [-0.2, 0) is 10.0 Å². The zero-order chi connectivity index (χ0) is 21.9. The molecule has 0 saturated carbocycles. The number of carbonyl (C=O) groups is 1. The van der Waals surface area contributed by atoms with Crippen molar-refractivity contribution in [3.05, 3.63) is 52.0 Å². The molecule has 0 atom stereocenters. The molecule has 0 bridgehead atoms. The van der Waals surface area contributed by atoms with Gasteiger partial charge in [-0.1, -0.05) is 28.8 Å². The maximum absolute atomic E-state index is 13.3. The maximum Gasteiger partial charge on any atom is 0.258 e. The van der Waals surface area contributed by atoms with Gasteiger partial charge >= 0.3 is 0 Å². The van der Waals surface area contributed by atoms with Gasteiger partial charge in [0.25, 0.3) is 5.91 Å². The minimum atomic E-state index is -3.76. The van der Waals surface area contributed by atoms with Crippen LogP contribution in [0.4, 0.5) is 5.69 Å².